The van der Waals surface area contributed by atoms with Gasteiger partial charge in [0.2, 0.25) is 12.7 Å². The Balaban J connectivity index is 1.43. The number of para-hydroxylation sites is 1. The molecule has 1 aromatic heterocycles. The number of carbonyl (C=O) groups excluding carboxylic acids is 2. The van der Waals surface area contributed by atoms with E-state index < -0.39 is 0 Å². The van der Waals surface area contributed by atoms with Gasteiger partial charge in [-0.15, -0.1) is 0 Å². The molecule has 0 bridgehead atoms. The van der Waals surface area contributed by atoms with Crippen molar-refractivity contribution in [3.8, 4) is 22.8 Å². The van der Waals surface area contributed by atoms with Crippen molar-refractivity contribution in [1.29, 1.82) is 0 Å². The minimum Gasteiger partial charge on any atom is -0.454 e. The SMILES string of the molecule is CC(=O)Nc1ccc(-c2cc(C(=O)NCc3ccc4c(c3)OCO4)c3ccccc3n2)cc1. The Hall–Kier alpha value is -4.39. The van der Waals surface area contributed by atoms with E-state index in [2.05, 4.69) is 10.6 Å². The Kier molecular flexibility index (Phi) is 5.36. The van der Waals surface area contributed by atoms with E-state index in [1.807, 2.05) is 66.7 Å². The number of nitrogens with one attached hydrogen (secondary N) is 2. The molecule has 0 saturated heterocycles. The molecule has 1 aliphatic heterocycles. The fraction of sp³-hybridized carbons (Fsp3) is 0.115. The molecule has 2 heterocycles. The lowest BCUT2D eigenvalue weighted by atomic mass is 10.0. The van der Waals surface area contributed by atoms with Crippen LogP contribution in [0.15, 0.2) is 72.8 Å². The van der Waals surface area contributed by atoms with Crippen molar-refractivity contribution in [2.45, 2.75) is 13.5 Å². The second-order valence-corrected chi connectivity index (χ2v) is 7.70. The Morgan fingerprint density at radius 2 is 1.73 bits per heavy atom. The summed E-state index contributed by atoms with van der Waals surface area (Å²) >= 11 is 0. The van der Waals surface area contributed by atoms with Crippen molar-refractivity contribution >= 4 is 28.4 Å². The minimum absolute atomic E-state index is 0.131. The van der Waals surface area contributed by atoms with E-state index in [-0.39, 0.29) is 18.6 Å². The minimum atomic E-state index is -0.192. The van der Waals surface area contributed by atoms with Gasteiger partial charge in [-0.1, -0.05) is 36.4 Å². The van der Waals surface area contributed by atoms with Crippen LogP contribution in [-0.2, 0) is 11.3 Å². The van der Waals surface area contributed by atoms with Gasteiger partial charge in [0.25, 0.3) is 5.91 Å². The van der Waals surface area contributed by atoms with Gasteiger partial charge in [-0.05, 0) is 42.0 Å². The van der Waals surface area contributed by atoms with Gasteiger partial charge in [-0.25, -0.2) is 4.98 Å². The van der Waals surface area contributed by atoms with Crippen molar-refractivity contribution in [1.82, 2.24) is 10.3 Å². The smallest absolute Gasteiger partial charge is 0.252 e. The van der Waals surface area contributed by atoms with Crippen LogP contribution < -0.4 is 20.1 Å². The van der Waals surface area contributed by atoms with E-state index in [1.165, 1.54) is 6.92 Å². The third-order valence-electron chi connectivity index (χ3n) is 5.35. The summed E-state index contributed by atoms with van der Waals surface area (Å²) in [4.78, 5) is 29.2. The number of nitrogens with zero attached hydrogens (tertiary/aromatic N) is 1. The number of amides is 2. The summed E-state index contributed by atoms with van der Waals surface area (Å²) < 4.78 is 10.8. The second-order valence-electron chi connectivity index (χ2n) is 7.70. The first-order chi connectivity index (χ1) is 16.1. The molecule has 0 aliphatic carbocycles. The second kappa shape index (κ2) is 8.63. The van der Waals surface area contributed by atoms with Crippen LogP contribution in [-0.4, -0.2) is 23.6 Å². The third-order valence-corrected chi connectivity index (χ3v) is 5.35. The number of pyridine rings is 1. The molecule has 0 atom stereocenters. The quantitative estimate of drug-likeness (QED) is 0.477. The molecule has 0 spiro atoms. The largest absolute Gasteiger partial charge is 0.454 e. The summed E-state index contributed by atoms with van der Waals surface area (Å²) in [5.74, 6) is 1.07. The van der Waals surface area contributed by atoms with Gasteiger partial charge in [0, 0.05) is 30.1 Å². The van der Waals surface area contributed by atoms with Crippen molar-refractivity contribution in [3.05, 3.63) is 83.9 Å². The van der Waals surface area contributed by atoms with E-state index in [0.717, 1.165) is 22.0 Å². The van der Waals surface area contributed by atoms with E-state index in [0.29, 0.717) is 35.0 Å². The number of rotatable bonds is 5. The fourth-order valence-electron chi connectivity index (χ4n) is 3.77. The van der Waals surface area contributed by atoms with Crippen LogP contribution in [0, 0.1) is 0 Å². The molecule has 2 amide bonds. The van der Waals surface area contributed by atoms with Crippen molar-refractivity contribution in [3.63, 3.8) is 0 Å². The Morgan fingerprint density at radius 3 is 2.55 bits per heavy atom. The van der Waals surface area contributed by atoms with Crippen LogP contribution in [0.3, 0.4) is 0 Å². The topological polar surface area (TPSA) is 89.6 Å². The number of benzene rings is 3. The fourth-order valence-corrected chi connectivity index (χ4v) is 3.77. The summed E-state index contributed by atoms with van der Waals surface area (Å²) in [6, 6.07) is 22.3. The molecule has 0 radical (unpaired) electrons. The maximum Gasteiger partial charge on any atom is 0.252 e. The Bertz CT molecular complexity index is 1370. The molecule has 1 aliphatic rings. The molecule has 164 valence electrons. The molecule has 3 aromatic carbocycles. The molecule has 33 heavy (non-hydrogen) atoms. The average Bonchev–Trinajstić information content (AvgIpc) is 3.30. The molecule has 0 saturated carbocycles. The molecule has 4 aromatic rings. The molecule has 5 rings (SSSR count). The van der Waals surface area contributed by atoms with Crippen LogP contribution in [0.25, 0.3) is 22.2 Å². The predicted molar refractivity (Wildman–Crippen MR) is 125 cm³/mol. The first-order valence-corrected chi connectivity index (χ1v) is 10.5. The van der Waals surface area contributed by atoms with E-state index in [9.17, 15) is 9.59 Å². The Morgan fingerprint density at radius 1 is 0.939 bits per heavy atom. The maximum absolute atomic E-state index is 13.2. The first kappa shape index (κ1) is 20.5. The summed E-state index contributed by atoms with van der Waals surface area (Å²) in [6.45, 7) is 2.03. The number of ether oxygens (including phenoxy) is 2. The lowest BCUT2D eigenvalue weighted by Gasteiger charge is -2.11. The zero-order chi connectivity index (χ0) is 22.8. The highest BCUT2D eigenvalue weighted by Crippen LogP contribution is 2.32. The molecule has 7 heteroatoms. The van der Waals surface area contributed by atoms with Gasteiger partial charge in [-0.3, -0.25) is 9.59 Å². The molecular weight excluding hydrogens is 418 g/mol. The third kappa shape index (κ3) is 4.34. The first-order valence-electron chi connectivity index (χ1n) is 10.5. The number of hydrogen-bond donors (Lipinski definition) is 2. The molecular formula is C26H21N3O4. The monoisotopic (exact) mass is 439 g/mol. The number of hydrogen-bond acceptors (Lipinski definition) is 5. The highest BCUT2D eigenvalue weighted by atomic mass is 16.7. The molecule has 2 N–H and O–H groups in total. The number of anilines is 1. The van der Waals surface area contributed by atoms with Gasteiger partial charge >= 0.3 is 0 Å². The standard InChI is InChI=1S/C26H21N3O4/c1-16(30)28-19-9-7-18(8-10-19)23-13-21(20-4-2-3-5-22(20)29-23)26(31)27-14-17-6-11-24-25(12-17)33-15-32-24/h2-13H,14-15H2,1H3,(H,27,31)(H,28,30). The van der Waals surface area contributed by atoms with Gasteiger partial charge < -0.3 is 20.1 Å². The number of carbonyl (C=O) groups is 2. The zero-order valence-corrected chi connectivity index (χ0v) is 17.9. The van der Waals surface area contributed by atoms with Gasteiger partial charge in [0.15, 0.2) is 11.5 Å². The summed E-state index contributed by atoms with van der Waals surface area (Å²) in [6.07, 6.45) is 0. The lowest BCUT2D eigenvalue weighted by molar-refractivity contribution is -0.114. The van der Waals surface area contributed by atoms with Gasteiger partial charge in [0.1, 0.15) is 0 Å². The number of aromatic nitrogens is 1. The van der Waals surface area contributed by atoms with Crippen LogP contribution in [0.5, 0.6) is 11.5 Å². The highest BCUT2D eigenvalue weighted by Gasteiger charge is 2.16. The van der Waals surface area contributed by atoms with Crippen LogP contribution in [0.2, 0.25) is 0 Å². The lowest BCUT2D eigenvalue weighted by Crippen LogP contribution is -2.23. The van der Waals surface area contributed by atoms with Crippen molar-refractivity contribution in [2.24, 2.45) is 0 Å². The molecule has 0 fully saturated rings. The summed E-state index contributed by atoms with van der Waals surface area (Å²) in [5, 5.41) is 6.52. The van der Waals surface area contributed by atoms with E-state index in [4.69, 9.17) is 14.5 Å². The van der Waals surface area contributed by atoms with Crippen LogP contribution in [0.4, 0.5) is 5.69 Å². The predicted octanol–water partition coefficient (Wildman–Crippen LogP) is 4.52. The summed E-state index contributed by atoms with van der Waals surface area (Å²) in [7, 11) is 0. The van der Waals surface area contributed by atoms with Crippen molar-refractivity contribution in [2.75, 3.05) is 12.1 Å². The normalized spacial score (nSPS) is 11.9. The summed E-state index contributed by atoms with van der Waals surface area (Å²) in [5.41, 5.74) is 4.42. The average molecular weight is 439 g/mol. The van der Waals surface area contributed by atoms with E-state index in [1.54, 1.807) is 6.07 Å². The number of fused-ring (bicyclic) bond motifs is 2. The highest BCUT2D eigenvalue weighted by molar-refractivity contribution is 6.07. The molecule has 0 unspecified atom stereocenters. The van der Waals surface area contributed by atoms with Gasteiger partial charge in [-0.2, -0.15) is 0 Å². The maximum atomic E-state index is 13.2. The molecule has 7 nitrogen and oxygen atoms in total. The zero-order valence-electron chi connectivity index (χ0n) is 17.9. The Labute approximate surface area is 190 Å². The van der Waals surface area contributed by atoms with Crippen molar-refractivity contribution < 1.29 is 19.1 Å². The van der Waals surface area contributed by atoms with Gasteiger partial charge in [0.05, 0.1) is 16.8 Å². The van der Waals surface area contributed by atoms with E-state index >= 15 is 0 Å². The van der Waals surface area contributed by atoms with Crippen LogP contribution >= 0.6 is 0 Å². The van der Waals surface area contributed by atoms with Crippen LogP contribution in [0.1, 0.15) is 22.8 Å².